The van der Waals surface area contributed by atoms with Gasteiger partial charge in [-0.3, -0.25) is 9.52 Å². The first kappa shape index (κ1) is 14.4. The number of carbonyl (C=O) groups is 1. The Labute approximate surface area is 120 Å². The van der Waals surface area contributed by atoms with Gasteiger partial charge in [0.05, 0.1) is 23.2 Å². The van der Waals surface area contributed by atoms with Gasteiger partial charge in [0.2, 0.25) is 10.0 Å². The maximum absolute atomic E-state index is 11.7. The lowest BCUT2D eigenvalue weighted by atomic mass is 10.3. The van der Waals surface area contributed by atoms with Gasteiger partial charge >= 0.3 is 0 Å². The molecule has 0 saturated carbocycles. The molecular formula is C12H11ClN2O4S. The largest absolute Gasteiger partial charge is 0.459 e. The highest BCUT2D eigenvalue weighted by Crippen LogP contribution is 2.26. The Balaban J connectivity index is 2.15. The molecule has 1 aromatic heterocycles. The third-order valence-electron chi connectivity index (χ3n) is 2.27. The van der Waals surface area contributed by atoms with E-state index in [2.05, 4.69) is 10.0 Å². The van der Waals surface area contributed by atoms with E-state index in [-0.39, 0.29) is 16.5 Å². The number of rotatable bonds is 4. The van der Waals surface area contributed by atoms with Gasteiger partial charge < -0.3 is 9.73 Å². The zero-order valence-corrected chi connectivity index (χ0v) is 12.0. The third kappa shape index (κ3) is 3.75. The minimum absolute atomic E-state index is 0.166. The zero-order valence-electron chi connectivity index (χ0n) is 10.4. The summed E-state index contributed by atoms with van der Waals surface area (Å²) in [4.78, 5) is 11.7. The molecule has 1 heterocycles. The van der Waals surface area contributed by atoms with Crippen LogP contribution >= 0.6 is 11.6 Å². The molecule has 0 aliphatic rings. The normalized spacial score (nSPS) is 11.1. The van der Waals surface area contributed by atoms with E-state index in [1.54, 1.807) is 6.07 Å². The highest BCUT2D eigenvalue weighted by Gasteiger charge is 2.11. The summed E-state index contributed by atoms with van der Waals surface area (Å²) in [5.74, 6) is -0.255. The maximum Gasteiger partial charge on any atom is 0.291 e. The highest BCUT2D eigenvalue weighted by atomic mass is 35.5. The van der Waals surface area contributed by atoms with E-state index >= 15 is 0 Å². The van der Waals surface area contributed by atoms with Gasteiger partial charge in [-0.2, -0.15) is 0 Å². The lowest BCUT2D eigenvalue weighted by molar-refractivity contribution is 0.0996. The minimum Gasteiger partial charge on any atom is -0.459 e. The molecule has 0 aliphatic carbocycles. The van der Waals surface area contributed by atoms with Crippen molar-refractivity contribution in [1.29, 1.82) is 0 Å². The van der Waals surface area contributed by atoms with Crippen molar-refractivity contribution in [1.82, 2.24) is 0 Å². The lowest BCUT2D eigenvalue weighted by Crippen LogP contribution is -2.12. The van der Waals surface area contributed by atoms with Crippen LogP contribution in [0.25, 0.3) is 0 Å². The van der Waals surface area contributed by atoms with E-state index in [0.29, 0.717) is 5.69 Å². The Morgan fingerprint density at radius 2 is 2.05 bits per heavy atom. The molecule has 2 aromatic rings. The van der Waals surface area contributed by atoms with E-state index < -0.39 is 15.9 Å². The molecule has 8 heteroatoms. The van der Waals surface area contributed by atoms with Crippen LogP contribution in [-0.4, -0.2) is 20.6 Å². The average molecular weight is 315 g/mol. The van der Waals surface area contributed by atoms with Crippen LogP contribution in [0, 0.1) is 0 Å². The van der Waals surface area contributed by atoms with Crippen molar-refractivity contribution >= 4 is 38.9 Å². The second-order valence-corrected chi connectivity index (χ2v) is 6.16. The Kier molecular flexibility index (Phi) is 4.01. The number of sulfonamides is 1. The zero-order chi connectivity index (χ0) is 14.8. The number of hydrogen-bond acceptors (Lipinski definition) is 4. The molecule has 0 spiro atoms. The van der Waals surface area contributed by atoms with Gasteiger partial charge in [-0.1, -0.05) is 11.6 Å². The molecule has 0 radical (unpaired) electrons. The third-order valence-corrected chi connectivity index (χ3v) is 3.17. The van der Waals surface area contributed by atoms with Gasteiger partial charge in [0.25, 0.3) is 5.91 Å². The number of benzene rings is 1. The van der Waals surface area contributed by atoms with E-state index in [0.717, 1.165) is 6.26 Å². The molecule has 0 bridgehead atoms. The van der Waals surface area contributed by atoms with Gasteiger partial charge in [-0.15, -0.1) is 0 Å². The summed E-state index contributed by atoms with van der Waals surface area (Å²) in [5.41, 5.74) is 0.667. The fourth-order valence-corrected chi connectivity index (χ4v) is 2.34. The first-order chi connectivity index (χ1) is 9.35. The summed E-state index contributed by atoms with van der Waals surface area (Å²) < 4.78 is 29.5. The van der Waals surface area contributed by atoms with Crippen molar-refractivity contribution in [3.63, 3.8) is 0 Å². The topological polar surface area (TPSA) is 88.4 Å². The van der Waals surface area contributed by atoms with Crippen LogP contribution in [0.5, 0.6) is 0 Å². The fraction of sp³-hybridized carbons (Fsp3) is 0.0833. The standard InChI is InChI=1S/C12H11ClN2O4S/c1-20(17,18)15-10-5-4-8(7-9(10)13)14-12(16)11-3-2-6-19-11/h2-7,15H,1H3,(H,14,16). The Morgan fingerprint density at radius 3 is 2.60 bits per heavy atom. The molecule has 1 aromatic carbocycles. The van der Waals surface area contributed by atoms with Gasteiger partial charge in [0, 0.05) is 5.69 Å². The number of hydrogen-bond donors (Lipinski definition) is 2. The van der Waals surface area contributed by atoms with Gasteiger partial charge in [-0.05, 0) is 30.3 Å². The van der Waals surface area contributed by atoms with Gasteiger partial charge in [0.1, 0.15) is 0 Å². The number of anilines is 2. The van der Waals surface area contributed by atoms with E-state index in [1.807, 2.05) is 0 Å². The summed E-state index contributed by atoms with van der Waals surface area (Å²) in [5, 5.41) is 2.75. The lowest BCUT2D eigenvalue weighted by Gasteiger charge is -2.09. The first-order valence-electron chi connectivity index (χ1n) is 5.47. The van der Waals surface area contributed by atoms with Crippen molar-refractivity contribution in [2.75, 3.05) is 16.3 Å². The molecule has 6 nitrogen and oxygen atoms in total. The van der Waals surface area contributed by atoms with Crippen molar-refractivity contribution in [2.24, 2.45) is 0 Å². The molecule has 1 amide bonds. The smallest absolute Gasteiger partial charge is 0.291 e. The Bertz CT molecular complexity index is 726. The number of amides is 1. The Hall–Kier alpha value is -1.99. The predicted molar refractivity (Wildman–Crippen MR) is 76.6 cm³/mol. The number of halogens is 1. The quantitative estimate of drug-likeness (QED) is 0.907. The Morgan fingerprint density at radius 1 is 1.30 bits per heavy atom. The van der Waals surface area contributed by atoms with E-state index in [9.17, 15) is 13.2 Å². The molecule has 0 atom stereocenters. The fourth-order valence-electron chi connectivity index (χ4n) is 1.48. The minimum atomic E-state index is -3.41. The summed E-state index contributed by atoms with van der Waals surface area (Å²) in [6.45, 7) is 0. The van der Waals surface area contributed by atoms with Gasteiger partial charge in [0.15, 0.2) is 5.76 Å². The summed E-state index contributed by atoms with van der Waals surface area (Å²) >= 11 is 5.94. The van der Waals surface area contributed by atoms with Crippen molar-refractivity contribution in [3.8, 4) is 0 Å². The molecule has 0 aliphatic heterocycles. The van der Waals surface area contributed by atoms with Crippen LogP contribution in [0.4, 0.5) is 11.4 Å². The molecule has 2 rings (SSSR count). The van der Waals surface area contributed by atoms with Gasteiger partial charge in [-0.25, -0.2) is 8.42 Å². The van der Waals surface area contributed by atoms with Crippen LogP contribution in [0.2, 0.25) is 5.02 Å². The SMILES string of the molecule is CS(=O)(=O)Nc1ccc(NC(=O)c2ccco2)cc1Cl. The van der Waals surface area contributed by atoms with Crippen molar-refractivity contribution in [3.05, 3.63) is 47.4 Å². The number of nitrogens with one attached hydrogen (secondary N) is 2. The number of carbonyl (C=O) groups excluding carboxylic acids is 1. The molecule has 0 fully saturated rings. The van der Waals surface area contributed by atoms with Crippen molar-refractivity contribution in [2.45, 2.75) is 0 Å². The summed E-state index contributed by atoms with van der Waals surface area (Å²) in [6, 6.07) is 7.55. The van der Waals surface area contributed by atoms with Crippen LogP contribution in [-0.2, 0) is 10.0 Å². The van der Waals surface area contributed by atoms with Crippen molar-refractivity contribution < 1.29 is 17.6 Å². The van der Waals surface area contributed by atoms with Crippen LogP contribution in [0.15, 0.2) is 41.0 Å². The average Bonchev–Trinajstić information content (AvgIpc) is 2.85. The van der Waals surface area contributed by atoms with Crippen LogP contribution < -0.4 is 10.0 Å². The first-order valence-corrected chi connectivity index (χ1v) is 7.74. The van der Waals surface area contributed by atoms with Crippen LogP contribution in [0.3, 0.4) is 0 Å². The van der Waals surface area contributed by atoms with E-state index in [1.165, 1.54) is 30.5 Å². The second kappa shape index (κ2) is 5.56. The monoisotopic (exact) mass is 314 g/mol. The summed E-state index contributed by atoms with van der Waals surface area (Å²) in [7, 11) is -3.41. The van der Waals surface area contributed by atoms with Crippen LogP contribution in [0.1, 0.15) is 10.6 Å². The second-order valence-electron chi connectivity index (χ2n) is 4.00. The summed E-state index contributed by atoms with van der Waals surface area (Å²) in [6.07, 6.45) is 2.41. The maximum atomic E-state index is 11.7. The molecular weight excluding hydrogens is 304 g/mol. The predicted octanol–water partition coefficient (Wildman–Crippen LogP) is 2.56. The molecule has 20 heavy (non-hydrogen) atoms. The highest BCUT2D eigenvalue weighted by molar-refractivity contribution is 7.92. The van der Waals surface area contributed by atoms with E-state index in [4.69, 9.17) is 16.0 Å². The number of furan rings is 1. The molecule has 0 unspecified atom stereocenters. The molecule has 106 valence electrons. The molecule has 2 N–H and O–H groups in total. The molecule has 0 saturated heterocycles.